The maximum absolute atomic E-state index is 14.4. The lowest BCUT2D eigenvalue weighted by Crippen LogP contribution is -2.45. The van der Waals surface area contributed by atoms with Crippen LogP contribution in [0.25, 0.3) is 0 Å². The van der Waals surface area contributed by atoms with Crippen LogP contribution in [0.3, 0.4) is 0 Å². The SMILES string of the molecule is Cl.Fc1ccc(Cl)c(F)c1[C@H](c1ccsc1)N1CCNCC1. The van der Waals surface area contributed by atoms with Gasteiger partial charge in [-0.25, -0.2) is 8.78 Å². The first-order valence-electron chi connectivity index (χ1n) is 6.78. The van der Waals surface area contributed by atoms with Gasteiger partial charge in [0.15, 0.2) is 0 Å². The summed E-state index contributed by atoms with van der Waals surface area (Å²) in [5, 5.41) is 7.07. The van der Waals surface area contributed by atoms with Gasteiger partial charge in [-0.2, -0.15) is 11.3 Å². The first-order chi connectivity index (χ1) is 10.2. The van der Waals surface area contributed by atoms with Gasteiger partial charge >= 0.3 is 0 Å². The van der Waals surface area contributed by atoms with Gasteiger partial charge in [0.2, 0.25) is 0 Å². The normalized spacial score (nSPS) is 17.0. The molecule has 1 saturated heterocycles. The van der Waals surface area contributed by atoms with E-state index in [1.54, 1.807) is 0 Å². The van der Waals surface area contributed by atoms with Gasteiger partial charge in [0.25, 0.3) is 0 Å². The molecular formula is C15H16Cl2F2N2S. The highest BCUT2D eigenvalue weighted by Gasteiger charge is 2.30. The van der Waals surface area contributed by atoms with E-state index in [1.165, 1.54) is 23.5 Å². The maximum atomic E-state index is 14.4. The highest BCUT2D eigenvalue weighted by Crippen LogP contribution is 2.35. The van der Waals surface area contributed by atoms with Crippen molar-refractivity contribution < 1.29 is 8.78 Å². The maximum Gasteiger partial charge on any atom is 0.149 e. The third kappa shape index (κ3) is 3.44. The average Bonchev–Trinajstić information content (AvgIpc) is 3.02. The van der Waals surface area contributed by atoms with Crippen LogP contribution in [-0.2, 0) is 0 Å². The highest BCUT2D eigenvalue weighted by molar-refractivity contribution is 7.08. The van der Waals surface area contributed by atoms with E-state index in [9.17, 15) is 8.78 Å². The largest absolute Gasteiger partial charge is 0.314 e. The average molecular weight is 365 g/mol. The second-order valence-corrected chi connectivity index (χ2v) is 6.19. The fourth-order valence-electron chi connectivity index (χ4n) is 2.72. The summed E-state index contributed by atoms with van der Waals surface area (Å²) in [5.41, 5.74) is 0.949. The molecule has 0 amide bonds. The van der Waals surface area contributed by atoms with E-state index in [4.69, 9.17) is 11.6 Å². The Kier molecular flexibility index (Phi) is 6.17. The monoisotopic (exact) mass is 364 g/mol. The number of piperazine rings is 1. The first kappa shape index (κ1) is 17.6. The number of hydrogen-bond acceptors (Lipinski definition) is 3. The minimum absolute atomic E-state index is 0. The lowest BCUT2D eigenvalue weighted by Gasteiger charge is -2.35. The minimum atomic E-state index is -0.661. The molecule has 1 fully saturated rings. The zero-order valence-corrected chi connectivity index (χ0v) is 14.1. The van der Waals surface area contributed by atoms with Gasteiger partial charge in [0.05, 0.1) is 11.1 Å². The van der Waals surface area contributed by atoms with Gasteiger partial charge in [-0.1, -0.05) is 11.6 Å². The summed E-state index contributed by atoms with van der Waals surface area (Å²) in [6, 6.07) is 3.98. The summed E-state index contributed by atoms with van der Waals surface area (Å²) < 4.78 is 28.7. The first-order valence-corrected chi connectivity index (χ1v) is 8.11. The van der Waals surface area contributed by atoms with Crippen LogP contribution in [0.4, 0.5) is 8.78 Å². The van der Waals surface area contributed by atoms with Crippen molar-refractivity contribution in [3.05, 3.63) is 56.7 Å². The molecule has 7 heteroatoms. The molecule has 1 aliphatic heterocycles. The fourth-order valence-corrected chi connectivity index (χ4v) is 3.57. The molecule has 0 spiro atoms. The molecule has 0 radical (unpaired) electrons. The molecule has 22 heavy (non-hydrogen) atoms. The fraction of sp³-hybridized carbons (Fsp3) is 0.333. The van der Waals surface area contributed by atoms with Crippen LogP contribution in [0.2, 0.25) is 5.02 Å². The Morgan fingerprint density at radius 2 is 1.91 bits per heavy atom. The van der Waals surface area contributed by atoms with Gasteiger partial charge in [-0.15, -0.1) is 12.4 Å². The van der Waals surface area contributed by atoms with Crippen LogP contribution in [0.1, 0.15) is 17.2 Å². The van der Waals surface area contributed by atoms with Crippen LogP contribution in [0.15, 0.2) is 29.0 Å². The summed E-state index contributed by atoms with van der Waals surface area (Å²) in [6.07, 6.45) is 0. The van der Waals surface area contributed by atoms with Crippen LogP contribution in [0, 0.1) is 11.6 Å². The number of nitrogens with one attached hydrogen (secondary N) is 1. The van der Waals surface area contributed by atoms with Gasteiger partial charge in [0.1, 0.15) is 11.6 Å². The molecule has 2 aromatic rings. The zero-order chi connectivity index (χ0) is 14.8. The smallest absolute Gasteiger partial charge is 0.149 e. The molecule has 2 heterocycles. The Morgan fingerprint density at radius 3 is 2.55 bits per heavy atom. The summed E-state index contributed by atoms with van der Waals surface area (Å²) in [4.78, 5) is 2.09. The topological polar surface area (TPSA) is 15.3 Å². The van der Waals surface area contributed by atoms with Crippen molar-refractivity contribution in [3.8, 4) is 0 Å². The second-order valence-electron chi connectivity index (χ2n) is 5.00. The molecule has 2 nitrogen and oxygen atoms in total. The number of hydrogen-bond donors (Lipinski definition) is 1. The Morgan fingerprint density at radius 1 is 1.18 bits per heavy atom. The number of nitrogens with zero attached hydrogens (tertiary/aromatic N) is 1. The molecule has 0 aliphatic carbocycles. The van der Waals surface area contributed by atoms with Gasteiger partial charge in [-0.3, -0.25) is 4.90 Å². The van der Waals surface area contributed by atoms with Crippen molar-refractivity contribution in [2.45, 2.75) is 6.04 Å². The van der Waals surface area contributed by atoms with E-state index in [2.05, 4.69) is 10.2 Å². The molecule has 3 rings (SSSR count). The molecule has 120 valence electrons. The predicted octanol–water partition coefficient (Wildman–Crippen LogP) is 4.10. The van der Waals surface area contributed by atoms with Crippen molar-refractivity contribution in [2.24, 2.45) is 0 Å². The standard InChI is InChI=1S/C15H15ClF2N2S.ClH/c16-11-1-2-12(17)13(14(11)18)15(10-3-8-21-9-10)20-6-4-19-5-7-20;/h1-3,8-9,15,19H,4-7H2;1H/t15-;/m0./s1. The lowest BCUT2D eigenvalue weighted by molar-refractivity contribution is 0.192. The Labute approximate surface area is 143 Å². The molecule has 1 aromatic carbocycles. The number of benzene rings is 1. The van der Waals surface area contributed by atoms with Crippen molar-refractivity contribution in [2.75, 3.05) is 26.2 Å². The quantitative estimate of drug-likeness (QED) is 0.824. The van der Waals surface area contributed by atoms with Gasteiger partial charge in [0, 0.05) is 31.7 Å². The number of halogens is 4. The molecule has 1 N–H and O–H groups in total. The molecule has 1 aliphatic rings. The van der Waals surface area contributed by atoms with Gasteiger partial charge in [-0.05, 0) is 34.5 Å². The molecule has 0 saturated carbocycles. The summed E-state index contributed by atoms with van der Waals surface area (Å²) >= 11 is 7.38. The number of thiophene rings is 1. The summed E-state index contributed by atoms with van der Waals surface area (Å²) in [5.74, 6) is -1.21. The van der Waals surface area contributed by atoms with E-state index in [0.717, 1.165) is 31.7 Å². The number of rotatable bonds is 3. The molecule has 1 atom stereocenters. The van der Waals surface area contributed by atoms with E-state index in [-0.39, 0.29) is 23.0 Å². The van der Waals surface area contributed by atoms with Crippen LogP contribution >= 0.6 is 35.3 Å². The summed E-state index contributed by atoms with van der Waals surface area (Å²) in [7, 11) is 0. The molecule has 1 aromatic heterocycles. The Bertz CT molecular complexity index is 616. The lowest BCUT2D eigenvalue weighted by atomic mass is 9.97. The predicted molar refractivity (Wildman–Crippen MR) is 89.2 cm³/mol. The highest BCUT2D eigenvalue weighted by atomic mass is 35.5. The zero-order valence-electron chi connectivity index (χ0n) is 11.7. The van der Waals surface area contributed by atoms with Crippen molar-refractivity contribution >= 4 is 35.3 Å². The minimum Gasteiger partial charge on any atom is -0.314 e. The third-order valence-electron chi connectivity index (χ3n) is 3.73. The van der Waals surface area contributed by atoms with Crippen LogP contribution in [0.5, 0.6) is 0 Å². The van der Waals surface area contributed by atoms with E-state index < -0.39 is 17.7 Å². The van der Waals surface area contributed by atoms with Crippen LogP contribution in [-0.4, -0.2) is 31.1 Å². The van der Waals surface area contributed by atoms with E-state index in [0.29, 0.717) is 0 Å². The third-order valence-corrected chi connectivity index (χ3v) is 4.72. The molecule has 0 unspecified atom stereocenters. The van der Waals surface area contributed by atoms with Crippen molar-refractivity contribution in [1.29, 1.82) is 0 Å². The van der Waals surface area contributed by atoms with Crippen LogP contribution < -0.4 is 5.32 Å². The van der Waals surface area contributed by atoms with E-state index in [1.807, 2.05) is 16.8 Å². The van der Waals surface area contributed by atoms with E-state index >= 15 is 0 Å². The Hall–Kier alpha value is -0.720. The Balaban J connectivity index is 0.00000176. The summed E-state index contributed by atoms with van der Waals surface area (Å²) in [6.45, 7) is 3.10. The van der Waals surface area contributed by atoms with Crippen molar-refractivity contribution in [1.82, 2.24) is 10.2 Å². The van der Waals surface area contributed by atoms with Crippen molar-refractivity contribution in [3.63, 3.8) is 0 Å². The van der Waals surface area contributed by atoms with Gasteiger partial charge < -0.3 is 5.32 Å². The molecular weight excluding hydrogens is 349 g/mol. The molecule has 0 bridgehead atoms. The second kappa shape index (κ2) is 7.70.